The summed E-state index contributed by atoms with van der Waals surface area (Å²) >= 11 is 9.48. The lowest BCUT2D eigenvalue weighted by molar-refractivity contribution is -0.0170. The molecule has 2 aromatic rings. The van der Waals surface area contributed by atoms with Crippen LogP contribution in [0.25, 0.3) is 0 Å². The number of carbonyl (C=O) groups excluding carboxylic acids is 1. The van der Waals surface area contributed by atoms with Crippen molar-refractivity contribution >= 4 is 33.4 Å². The van der Waals surface area contributed by atoms with Gasteiger partial charge in [-0.1, -0.05) is 23.7 Å². The zero-order valence-corrected chi connectivity index (χ0v) is 13.9. The Morgan fingerprint density at radius 2 is 2.14 bits per heavy atom. The van der Waals surface area contributed by atoms with Crippen LogP contribution in [0, 0.1) is 0 Å². The summed E-state index contributed by atoms with van der Waals surface area (Å²) in [6.07, 6.45) is 0. The van der Waals surface area contributed by atoms with E-state index >= 15 is 0 Å². The highest BCUT2D eigenvalue weighted by molar-refractivity contribution is 9.10. The fraction of sp³-hybridized carbons (Fsp3) is 0.188. The van der Waals surface area contributed by atoms with Gasteiger partial charge in [-0.2, -0.15) is 0 Å². The maximum absolute atomic E-state index is 12.3. The van der Waals surface area contributed by atoms with Gasteiger partial charge in [-0.05, 0) is 40.2 Å². The van der Waals surface area contributed by atoms with Crippen LogP contribution in [0.5, 0.6) is 5.75 Å². The molecule has 0 fully saturated rings. The summed E-state index contributed by atoms with van der Waals surface area (Å²) in [7, 11) is 0. The van der Waals surface area contributed by atoms with Gasteiger partial charge in [0.05, 0.1) is 12.2 Å². The molecule has 0 saturated heterocycles. The highest BCUT2D eigenvalue weighted by atomic mass is 79.9. The maximum Gasteiger partial charge on any atom is 0.252 e. The molecule has 6 heteroatoms. The maximum atomic E-state index is 12.3. The second kappa shape index (κ2) is 6.69. The number of amides is 1. The Balaban J connectivity index is 1.78. The lowest BCUT2D eigenvalue weighted by Crippen LogP contribution is -2.24. The van der Waals surface area contributed by atoms with Gasteiger partial charge in [-0.3, -0.25) is 4.79 Å². The van der Waals surface area contributed by atoms with Gasteiger partial charge < -0.3 is 14.8 Å². The van der Waals surface area contributed by atoms with Gasteiger partial charge >= 0.3 is 0 Å². The second-order valence-electron chi connectivity index (χ2n) is 4.83. The smallest absolute Gasteiger partial charge is 0.252 e. The first-order chi connectivity index (χ1) is 10.6. The SMILES string of the molecule is O=C(NCc1cc(Cl)cc2c1OCOC2)c1ccccc1Br. The van der Waals surface area contributed by atoms with E-state index in [1.807, 2.05) is 24.3 Å². The molecule has 2 aromatic carbocycles. The summed E-state index contributed by atoms with van der Waals surface area (Å²) in [6.45, 7) is 1.00. The van der Waals surface area contributed by atoms with Crippen molar-refractivity contribution in [3.63, 3.8) is 0 Å². The van der Waals surface area contributed by atoms with Gasteiger partial charge in [-0.15, -0.1) is 0 Å². The van der Waals surface area contributed by atoms with E-state index < -0.39 is 0 Å². The molecule has 0 saturated carbocycles. The highest BCUT2D eigenvalue weighted by Crippen LogP contribution is 2.31. The topological polar surface area (TPSA) is 47.6 Å². The Bertz CT molecular complexity index is 721. The third kappa shape index (κ3) is 3.27. The molecular formula is C16H13BrClNO3. The minimum absolute atomic E-state index is 0.159. The highest BCUT2D eigenvalue weighted by Gasteiger charge is 2.17. The predicted molar refractivity (Wildman–Crippen MR) is 87.0 cm³/mol. The summed E-state index contributed by atoms with van der Waals surface area (Å²) in [5.41, 5.74) is 2.32. The standard InChI is InChI=1S/C16H13BrClNO3/c17-14-4-2-1-3-13(14)16(20)19-7-10-5-12(18)6-11-8-21-9-22-15(10)11/h1-6H,7-9H2,(H,19,20). The molecular weight excluding hydrogens is 370 g/mol. The lowest BCUT2D eigenvalue weighted by Gasteiger charge is -2.21. The molecule has 114 valence electrons. The molecule has 3 rings (SSSR count). The van der Waals surface area contributed by atoms with Gasteiger partial charge in [0, 0.05) is 27.2 Å². The van der Waals surface area contributed by atoms with Crippen molar-refractivity contribution in [2.45, 2.75) is 13.2 Å². The number of benzene rings is 2. The molecule has 1 N–H and O–H groups in total. The molecule has 0 aromatic heterocycles. The quantitative estimate of drug-likeness (QED) is 0.876. The number of halogens is 2. The fourth-order valence-corrected chi connectivity index (χ4v) is 3.03. The Hall–Kier alpha value is -1.56. The number of carbonyl (C=O) groups is 1. The van der Waals surface area contributed by atoms with E-state index in [0.717, 1.165) is 21.3 Å². The summed E-state index contributed by atoms with van der Waals surface area (Å²) in [5.74, 6) is 0.580. The minimum Gasteiger partial charge on any atom is -0.467 e. The van der Waals surface area contributed by atoms with Crippen LogP contribution < -0.4 is 10.1 Å². The first-order valence-corrected chi connectivity index (χ1v) is 7.87. The summed E-state index contributed by atoms with van der Waals surface area (Å²) in [4.78, 5) is 12.3. The van der Waals surface area contributed by atoms with Crippen molar-refractivity contribution < 1.29 is 14.3 Å². The minimum atomic E-state index is -0.159. The third-order valence-corrected chi connectivity index (χ3v) is 4.22. The Labute approximate surface area is 141 Å². The van der Waals surface area contributed by atoms with Crippen molar-refractivity contribution in [1.82, 2.24) is 5.32 Å². The molecule has 1 aliphatic heterocycles. The molecule has 0 unspecified atom stereocenters. The lowest BCUT2D eigenvalue weighted by atomic mass is 10.1. The Morgan fingerprint density at radius 3 is 2.95 bits per heavy atom. The Morgan fingerprint density at radius 1 is 1.32 bits per heavy atom. The number of hydrogen-bond acceptors (Lipinski definition) is 3. The van der Waals surface area contributed by atoms with Crippen LogP contribution in [0.1, 0.15) is 21.5 Å². The van der Waals surface area contributed by atoms with E-state index in [-0.39, 0.29) is 12.7 Å². The molecule has 4 nitrogen and oxygen atoms in total. The number of ether oxygens (including phenoxy) is 2. The average molecular weight is 383 g/mol. The summed E-state index contributed by atoms with van der Waals surface area (Å²) in [6, 6.07) is 10.9. The van der Waals surface area contributed by atoms with Crippen LogP contribution in [-0.4, -0.2) is 12.7 Å². The molecule has 1 heterocycles. The second-order valence-corrected chi connectivity index (χ2v) is 6.12. The van der Waals surface area contributed by atoms with E-state index in [1.54, 1.807) is 12.1 Å². The van der Waals surface area contributed by atoms with Crippen molar-refractivity contribution in [2.75, 3.05) is 6.79 Å². The first kappa shape index (κ1) is 15.3. The van der Waals surface area contributed by atoms with Crippen LogP contribution in [0.2, 0.25) is 5.02 Å². The molecule has 1 amide bonds. The van der Waals surface area contributed by atoms with E-state index in [1.165, 1.54) is 0 Å². The van der Waals surface area contributed by atoms with E-state index in [4.69, 9.17) is 21.1 Å². The van der Waals surface area contributed by atoms with Crippen molar-refractivity contribution in [3.8, 4) is 5.75 Å². The normalized spacial score (nSPS) is 13.2. The van der Waals surface area contributed by atoms with Crippen LogP contribution in [0.15, 0.2) is 40.9 Å². The molecule has 0 atom stereocenters. The number of rotatable bonds is 3. The predicted octanol–water partition coefficient (Wildman–Crippen LogP) is 3.90. The zero-order chi connectivity index (χ0) is 15.5. The molecule has 0 radical (unpaired) electrons. The summed E-state index contributed by atoms with van der Waals surface area (Å²) in [5, 5.41) is 3.48. The molecule has 22 heavy (non-hydrogen) atoms. The number of fused-ring (bicyclic) bond motifs is 1. The number of nitrogens with one attached hydrogen (secondary N) is 1. The van der Waals surface area contributed by atoms with E-state index in [0.29, 0.717) is 23.7 Å². The van der Waals surface area contributed by atoms with Gasteiger partial charge in [0.25, 0.3) is 5.91 Å². The molecule has 0 bridgehead atoms. The molecule has 0 aliphatic carbocycles. The van der Waals surface area contributed by atoms with Crippen molar-refractivity contribution in [1.29, 1.82) is 0 Å². The first-order valence-electron chi connectivity index (χ1n) is 6.69. The molecule has 1 aliphatic rings. The fourth-order valence-electron chi connectivity index (χ4n) is 2.30. The largest absolute Gasteiger partial charge is 0.467 e. The zero-order valence-electron chi connectivity index (χ0n) is 11.6. The number of hydrogen-bond donors (Lipinski definition) is 1. The average Bonchev–Trinajstić information content (AvgIpc) is 2.52. The monoisotopic (exact) mass is 381 g/mol. The summed E-state index contributed by atoms with van der Waals surface area (Å²) < 4.78 is 11.5. The van der Waals surface area contributed by atoms with Gasteiger partial charge in [0.15, 0.2) is 6.79 Å². The van der Waals surface area contributed by atoms with Gasteiger partial charge in [0.2, 0.25) is 0 Å². The van der Waals surface area contributed by atoms with Crippen molar-refractivity contribution in [3.05, 3.63) is 62.6 Å². The van der Waals surface area contributed by atoms with Crippen LogP contribution in [0.4, 0.5) is 0 Å². The van der Waals surface area contributed by atoms with Crippen molar-refractivity contribution in [2.24, 2.45) is 0 Å². The van der Waals surface area contributed by atoms with E-state index in [2.05, 4.69) is 21.2 Å². The van der Waals surface area contributed by atoms with E-state index in [9.17, 15) is 4.79 Å². The third-order valence-electron chi connectivity index (χ3n) is 3.31. The van der Waals surface area contributed by atoms with Crippen LogP contribution in [-0.2, 0) is 17.9 Å². The van der Waals surface area contributed by atoms with Gasteiger partial charge in [0.1, 0.15) is 5.75 Å². The molecule has 0 spiro atoms. The van der Waals surface area contributed by atoms with Crippen LogP contribution in [0.3, 0.4) is 0 Å². The van der Waals surface area contributed by atoms with Crippen LogP contribution >= 0.6 is 27.5 Å². The Kier molecular flexibility index (Phi) is 4.66. The van der Waals surface area contributed by atoms with Gasteiger partial charge in [-0.25, -0.2) is 0 Å².